The fraction of sp³-hybridized carbons (Fsp3) is 0.364. The zero-order valence-electron chi connectivity index (χ0n) is 15.6. The van der Waals surface area contributed by atoms with E-state index < -0.39 is 0 Å². The number of benzene rings is 2. The van der Waals surface area contributed by atoms with Gasteiger partial charge in [-0.1, -0.05) is 42.5 Å². The summed E-state index contributed by atoms with van der Waals surface area (Å²) in [5, 5.41) is 10.0. The minimum atomic E-state index is 0.174. The first-order valence-corrected chi connectivity index (χ1v) is 9.56. The average molecular weight is 363 g/mol. The van der Waals surface area contributed by atoms with Crippen LogP contribution in [-0.4, -0.2) is 47.8 Å². The molecule has 1 aliphatic heterocycles. The van der Waals surface area contributed by atoms with Gasteiger partial charge in [0.2, 0.25) is 5.91 Å². The highest BCUT2D eigenvalue weighted by atomic mass is 16.5. The van der Waals surface area contributed by atoms with Gasteiger partial charge in [-0.2, -0.15) is 5.10 Å². The number of aromatic nitrogens is 2. The third kappa shape index (κ3) is 3.60. The van der Waals surface area contributed by atoms with Crippen molar-refractivity contribution in [1.29, 1.82) is 0 Å². The van der Waals surface area contributed by atoms with Crippen LogP contribution in [0.15, 0.2) is 48.7 Å². The van der Waals surface area contributed by atoms with Crippen LogP contribution < -0.4 is 0 Å². The molecular weight excluding hydrogens is 338 g/mol. The monoisotopic (exact) mass is 363 g/mol. The largest absolute Gasteiger partial charge is 0.384 e. The molecule has 5 nitrogen and oxygen atoms in total. The van der Waals surface area contributed by atoms with Crippen molar-refractivity contribution >= 4 is 16.7 Å². The number of hydrogen-bond acceptors (Lipinski definition) is 3. The minimum absolute atomic E-state index is 0.174. The molecule has 2 heterocycles. The Morgan fingerprint density at radius 1 is 1.22 bits per heavy atom. The van der Waals surface area contributed by atoms with Crippen LogP contribution in [-0.2, 0) is 9.53 Å². The molecule has 0 saturated carbocycles. The number of hydrogen-bond donors (Lipinski definition) is 1. The van der Waals surface area contributed by atoms with Gasteiger partial charge in [0.15, 0.2) is 0 Å². The van der Waals surface area contributed by atoms with Crippen molar-refractivity contribution in [1.82, 2.24) is 15.1 Å². The number of likely N-dealkylation sites (tertiary alicyclic amines) is 1. The van der Waals surface area contributed by atoms with Gasteiger partial charge in [-0.05, 0) is 29.2 Å². The number of carbonyl (C=O) groups excluding carboxylic acids is 1. The van der Waals surface area contributed by atoms with E-state index in [4.69, 9.17) is 4.74 Å². The number of aromatic amines is 1. The molecule has 140 valence electrons. The smallest absolute Gasteiger partial charge is 0.224 e. The Labute approximate surface area is 159 Å². The first-order valence-electron chi connectivity index (χ1n) is 9.56. The lowest BCUT2D eigenvalue weighted by molar-refractivity contribution is -0.133. The average Bonchev–Trinajstić information content (AvgIpc) is 3.21. The number of nitrogens with one attached hydrogen (secondary N) is 1. The Balaban J connectivity index is 1.63. The van der Waals surface area contributed by atoms with E-state index in [1.165, 1.54) is 16.3 Å². The fourth-order valence-electron chi connectivity index (χ4n) is 4.07. The molecule has 2 aromatic carbocycles. The maximum absolute atomic E-state index is 12.4. The van der Waals surface area contributed by atoms with Crippen molar-refractivity contribution in [2.75, 3.05) is 26.8 Å². The van der Waals surface area contributed by atoms with Crippen molar-refractivity contribution in [3.8, 4) is 11.1 Å². The van der Waals surface area contributed by atoms with Crippen LogP contribution >= 0.6 is 0 Å². The van der Waals surface area contributed by atoms with Crippen molar-refractivity contribution in [2.45, 2.75) is 25.2 Å². The third-order valence-corrected chi connectivity index (χ3v) is 5.45. The lowest BCUT2D eigenvalue weighted by Gasteiger charge is -2.33. The number of nitrogens with zero attached hydrogens (tertiary/aromatic N) is 2. The molecule has 0 radical (unpaired) electrons. The van der Waals surface area contributed by atoms with E-state index in [2.05, 4.69) is 52.7 Å². The van der Waals surface area contributed by atoms with Crippen molar-refractivity contribution in [3.63, 3.8) is 0 Å². The van der Waals surface area contributed by atoms with Crippen molar-refractivity contribution in [3.05, 3.63) is 54.4 Å². The summed E-state index contributed by atoms with van der Waals surface area (Å²) < 4.78 is 5.06. The highest BCUT2D eigenvalue weighted by Crippen LogP contribution is 2.36. The van der Waals surface area contributed by atoms with E-state index in [9.17, 15) is 4.79 Å². The minimum Gasteiger partial charge on any atom is -0.384 e. The van der Waals surface area contributed by atoms with Gasteiger partial charge < -0.3 is 9.64 Å². The summed E-state index contributed by atoms with van der Waals surface area (Å²) in [5.74, 6) is 0.453. The molecule has 1 amide bonds. The Morgan fingerprint density at radius 2 is 2.07 bits per heavy atom. The molecule has 27 heavy (non-hydrogen) atoms. The van der Waals surface area contributed by atoms with E-state index in [0.717, 1.165) is 37.2 Å². The standard InChI is InChI=1S/C22H25N3O2/c1-27-13-11-21(26)25-12-5-8-17(15-25)22-20(14-23-24-22)19-10-4-7-16-6-2-3-9-18(16)19/h2-4,6-7,9-10,14,17H,5,8,11-13,15H2,1H3,(H,23,24). The summed E-state index contributed by atoms with van der Waals surface area (Å²) in [6, 6.07) is 14.8. The number of H-pyrrole nitrogens is 1. The molecule has 1 aromatic heterocycles. The van der Waals surface area contributed by atoms with Crippen LogP contribution in [0.1, 0.15) is 30.9 Å². The second-order valence-electron chi connectivity index (χ2n) is 7.15. The second-order valence-corrected chi connectivity index (χ2v) is 7.15. The SMILES string of the molecule is COCCC(=O)N1CCCC(c2[nH]ncc2-c2cccc3ccccc23)C1. The third-order valence-electron chi connectivity index (χ3n) is 5.45. The molecule has 0 bridgehead atoms. The van der Waals surface area contributed by atoms with Gasteiger partial charge in [-0.15, -0.1) is 0 Å². The van der Waals surface area contributed by atoms with Crippen molar-refractivity contribution in [2.24, 2.45) is 0 Å². The van der Waals surface area contributed by atoms with Crippen LogP contribution in [0.4, 0.5) is 0 Å². The van der Waals surface area contributed by atoms with Crippen LogP contribution in [0.5, 0.6) is 0 Å². The molecule has 0 spiro atoms. The lowest BCUT2D eigenvalue weighted by atomic mass is 9.89. The summed E-state index contributed by atoms with van der Waals surface area (Å²) in [4.78, 5) is 14.4. The molecular formula is C22H25N3O2. The Hall–Kier alpha value is -2.66. The van der Waals surface area contributed by atoms with Crippen LogP contribution in [0.25, 0.3) is 21.9 Å². The number of piperidine rings is 1. The number of amides is 1. The zero-order valence-corrected chi connectivity index (χ0v) is 15.6. The molecule has 3 aromatic rings. The first kappa shape index (κ1) is 17.7. The summed E-state index contributed by atoms with van der Waals surface area (Å²) in [6.45, 7) is 2.05. The molecule has 4 rings (SSSR count). The fourth-order valence-corrected chi connectivity index (χ4v) is 4.07. The van der Waals surface area contributed by atoms with Gasteiger partial charge in [0, 0.05) is 37.4 Å². The van der Waals surface area contributed by atoms with Crippen LogP contribution in [0.3, 0.4) is 0 Å². The van der Waals surface area contributed by atoms with Gasteiger partial charge in [0.05, 0.1) is 19.2 Å². The maximum atomic E-state index is 12.4. The molecule has 0 aliphatic carbocycles. The molecule has 1 unspecified atom stereocenters. The molecule has 1 fully saturated rings. The predicted octanol–water partition coefficient (Wildman–Crippen LogP) is 3.97. The van der Waals surface area contributed by atoms with Gasteiger partial charge in [0.25, 0.3) is 0 Å². The summed E-state index contributed by atoms with van der Waals surface area (Å²) in [6.07, 6.45) is 4.44. The first-order chi connectivity index (χ1) is 13.3. The number of fused-ring (bicyclic) bond motifs is 1. The normalized spacial score (nSPS) is 17.4. The lowest BCUT2D eigenvalue weighted by Crippen LogP contribution is -2.39. The maximum Gasteiger partial charge on any atom is 0.224 e. The predicted molar refractivity (Wildman–Crippen MR) is 107 cm³/mol. The summed E-state index contributed by atoms with van der Waals surface area (Å²) >= 11 is 0. The highest BCUT2D eigenvalue weighted by molar-refractivity contribution is 5.97. The molecule has 1 saturated heterocycles. The Morgan fingerprint density at radius 3 is 2.96 bits per heavy atom. The Bertz CT molecular complexity index is 929. The Kier molecular flexibility index (Phi) is 5.21. The second kappa shape index (κ2) is 7.92. The molecule has 5 heteroatoms. The van der Waals surface area contributed by atoms with Crippen LogP contribution in [0.2, 0.25) is 0 Å². The van der Waals surface area contributed by atoms with Gasteiger partial charge in [-0.25, -0.2) is 0 Å². The number of ether oxygens (including phenoxy) is 1. The number of carbonyl (C=O) groups is 1. The van der Waals surface area contributed by atoms with Gasteiger partial charge >= 0.3 is 0 Å². The van der Waals surface area contributed by atoms with Crippen molar-refractivity contribution < 1.29 is 9.53 Å². The van der Waals surface area contributed by atoms with E-state index in [-0.39, 0.29) is 11.8 Å². The topological polar surface area (TPSA) is 58.2 Å². The van der Waals surface area contributed by atoms with Crippen LogP contribution in [0, 0.1) is 0 Å². The van der Waals surface area contributed by atoms with E-state index in [0.29, 0.717) is 13.0 Å². The van der Waals surface area contributed by atoms with Gasteiger partial charge in [-0.3, -0.25) is 9.89 Å². The molecule has 1 atom stereocenters. The molecule has 1 N–H and O–H groups in total. The summed E-state index contributed by atoms with van der Waals surface area (Å²) in [5.41, 5.74) is 3.47. The number of rotatable bonds is 5. The zero-order chi connectivity index (χ0) is 18.6. The van der Waals surface area contributed by atoms with Gasteiger partial charge in [0.1, 0.15) is 0 Å². The van der Waals surface area contributed by atoms with E-state index >= 15 is 0 Å². The number of methoxy groups -OCH3 is 1. The van der Waals surface area contributed by atoms with E-state index in [1.807, 2.05) is 11.1 Å². The quantitative estimate of drug-likeness (QED) is 0.746. The van der Waals surface area contributed by atoms with E-state index in [1.54, 1.807) is 7.11 Å². The summed E-state index contributed by atoms with van der Waals surface area (Å²) in [7, 11) is 1.63. The highest BCUT2D eigenvalue weighted by Gasteiger charge is 2.27. The molecule has 1 aliphatic rings.